The number of aliphatic hydroxyl groups is 1. The maximum Gasteiger partial charge on any atom is 0.159 e. The summed E-state index contributed by atoms with van der Waals surface area (Å²) in [6.07, 6.45) is 8.63. The number of fused-ring (bicyclic) bond motifs is 2. The molecule has 0 radical (unpaired) electrons. The molecule has 1 aliphatic carbocycles. The summed E-state index contributed by atoms with van der Waals surface area (Å²) >= 11 is 0. The summed E-state index contributed by atoms with van der Waals surface area (Å²) < 4.78 is 6.21. The molecule has 7 unspecified atom stereocenters. The summed E-state index contributed by atoms with van der Waals surface area (Å²) in [7, 11) is 0. The smallest absolute Gasteiger partial charge is 0.159 e. The molecule has 136 valence electrons. The fraction of sp³-hybridized carbons (Fsp3) is 0.944. The van der Waals surface area contributed by atoms with Gasteiger partial charge in [0, 0.05) is 18.6 Å². The molecule has 5 N–H and O–H groups in total. The van der Waals surface area contributed by atoms with Crippen molar-refractivity contribution in [2.75, 3.05) is 6.61 Å². The molecule has 4 fully saturated rings. The number of rotatable bonds is 2. The second kappa shape index (κ2) is 7.00. The van der Waals surface area contributed by atoms with Crippen molar-refractivity contribution in [3.8, 4) is 0 Å². The van der Waals surface area contributed by atoms with E-state index in [1.54, 1.807) is 0 Å². The molecule has 0 bridgehead atoms. The van der Waals surface area contributed by atoms with Crippen molar-refractivity contribution >= 4 is 5.78 Å². The van der Waals surface area contributed by atoms with Crippen LogP contribution in [0.5, 0.6) is 0 Å². The van der Waals surface area contributed by atoms with Gasteiger partial charge in [0.05, 0.1) is 24.2 Å². The van der Waals surface area contributed by atoms with Crippen LogP contribution in [0.15, 0.2) is 0 Å². The summed E-state index contributed by atoms with van der Waals surface area (Å²) in [5.41, 5.74) is 6.05. The highest BCUT2D eigenvalue weighted by Crippen LogP contribution is 2.37. The molecular formula is C18H31N3O3. The van der Waals surface area contributed by atoms with Crippen LogP contribution in [0.4, 0.5) is 0 Å². The van der Waals surface area contributed by atoms with Gasteiger partial charge < -0.3 is 20.9 Å². The van der Waals surface area contributed by atoms with E-state index in [1.807, 2.05) is 0 Å². The zero-order chi connectivity index (χ0) is 16.7. The van der Waals surface area contributed by atoms with Crippen LogP contribution < -0.4 is 16.4 Å². The third-order valence-corrected chi connectivity index (χ3v) is 6.76. The summed E-state index contributed by atoms with van der Waals surface area (Å²) in [5, 5.41) is 16.4. The lowest BCUT2D eigenvalue weighted by Crippen LogP contribution is -2.69. The van der Waals surface area contributed by atoms with E-state index < -0.39 is 0 Å². The second-order valence-corrected chi connectivity index (χ2v) is 8.20. The van der Waals surface area contributed by atoms with Crippen LogP contribution in [-0.2, 0) is 9.53 Å². The lowest BCUT2D eigenvalue weighted by atomic mass is 9.74. The van der Waals surface area contributed by atoms with Crippen molar-refractivity contribution in [3.63, 3.8) is 0 Å². The molecule has 0 aromatic rings. The molecule has 24 heavy (non-hydrogen) atoms. The van der Waals surface area contributed by atoms with Crippen LogP contribution in [0, 0.1) is 17.8 Å². The van der Waals surface area contributed by atoms with Crippen molar-refractivity contribution in [1.82, 2.24) is 10.6 Å². The van der Waals surface area contributed by atoms with Crippen molar-refractivity contribution in [1.29, 1.82) is 0 Å². The highest BCUT2D eigenvalue weighted by molar-refractivity contribution is 5.88. The number of hydrogen-bond acceptors (Lipinski definition) is 6. The molecule has 4 rings (SSSR count). The van der Waals surface area contributed by atoms with E-state index in [4.69, 9.17) is 10.5 Å². The summed E-state index contributed by atoms with van der Waals surface area (Å²) in [6.45, 7) is 0.0108. The third kappa shape index (κ3) is 3.03. The zero-order valence-electron chi connectivity index (χ0n) is 14.3. The van der Waals surface area contributed by atoms with E-state index >= 15 is 0 Å². The molecule has 3 aliphatic heterocycles. The Morgan fingerprint density at radius 1 is 1.12 bits per heavy atom. The first-order valence-corrected chi connectivity index (χ1v) is 9.75. The summed E-state index contributed by atoms with van der Waals surface area (Å²) in [6, 6.07) is 0.283. The Labute approximate surface area is 143 Å². The van der Waals surface area contributed by atoms with E-state index in [-0.39, 0.29) is 48.8 Å². The first kappa shape index (κ1) is 16.9. The number of carbonyl (C=O) groups is 1. The van der Waals surface area contributed by atoms with Gasteiger partial charge in [0.2, 0.25) is 0 Å². The Morgan fingerprint density at radius 3 is 2.67 bits per heavy atom. The van der Waals surface area contributed by atoms with Crippen LogP contribution in [-0.4, -0.2) is 48.1 Å². The number of nitrogens with two attached hydrogens (primary N) is 1. The van der Waals surface area contributed by atoms with E-state index in [0.717, 1.165) is 12.8 Å². The minimum Gasteiger partial charge on any atom is -0.396 e. The Balaban J connectivity index is 1.45. The number of nitrogens with one attached hydrogen (secondary N) is 2. The van der Waals surface area contributed by atoms with Crippen LogP contribution >= 0.6 is 0 Å². The van der Waals surface area contributed by atoms with E-state index in [1.165, 1.54) is 32.1 Å². The van der Waals surface area contributed by atoms with E-state index in [2.05, 4.69) is 10.6 Å². The molecule has 4 aliphatic rings. The van der Waals surface area contributed by atoms with Crippen LogP contribution in [0.3, 0.4) is 0 Å². The Hall–Kier alpha value is -0.530. The maximum absolute atomic E-state index is 13.1. The zero-order valence-corrected chi connectivity index (χ0v) is 14.3. The van der Waals surface area contributed by atoms with Crippen LogP contribution in [0.25, 0.3) is 0 Å². The van der Waals surface area contributed by atoms with Gasteiger partial charge in [-0.3, -0.25) is 10.1 Å². The first-order chi connectivity index (χ1) is 11.7. The van der Waals surface area contributed by atoms with Crippen molar-refractivity contribution < 1.29 is 14.6 Å². The lowest BCUT2D eigenvalue weighted by Gasteiger charge is -2.50. The molecule has 6 nitrogen and oxygen atoms in total. The molecule has 0 aromatic heterocycles. The van der Waals surface area contributed by atoms with Gasteiger partial charge in [0.1, 0.15) is 6.23 Å². The number of ether oxygens (including phenoxy) is 1. The van der Waals surface area contributed by atoms with Gasteiger partial charge >= 0.3 is 0 Å². The molecule has 0 amide bonds. The number of Topliss-reactive ketones (excluding diaryl/α,β-unsaturated/α-hetero) is 1. The van der Waals surface area contributed by atoms with Gasteiger partial charge in [-0.1, -0.05) is 19.3 Å². The maximum atomic E-state index is 13.1. The average Bonchev–Trinajstić information content (AvgIpc) is 2.62. The van der Waals surface area contributed by atoms with Crippen LogP contribution in [0.1, 0.15) is 51.4 Å². The van der Waals surface area contributed by atoms with Crippen LogP contribution in [0.2, 0.25) is 0 Å². The number of piperidine rings is 2. The van der Waals surface area contributed by atoms with Gasteiger partial charge in [0.25, 0.3) is 0 Å². The largest absolute Gasteiger partial charge is 0.396 e. The Kier molecular flexibility index (Phi) is 4.93. The van der Waals surface area contributed by atoms with Crippen molar-refractivity contribution in [3.05, 3.63) is 0 Å². The SMILES string of the molecule is NC1NC2OC3CCC(C4CCCCC4)NC3C(=O)C2CC1CO. The molecule has 1 saturated carbocycles. The molecule has 7 atom stereocenters. The standard InChI is InChI=1S/C18H31N3O3/c19-17-11(9-22)8-12-16(23)15-14(24-18(12)21-17)7-6-13(20-15)10-4-2-1-3-5-10/h10-15,17-18,20-22H,1-9,19H2. The average molecular weight is 337 g/mol. The number of hydrogen-bond donors (Lipinski definition) is 4. The molecule has 3 saturated heterocycles. The molecular weight excluding hydrogens is 306 g/mol. The van der Waals surface area contributed by atoms with E-state index in [0.29, 0.717) is 18.4 Å². The number of aliphatic hydroxyl groups excluding tert-OH is 1. The normalized spacial score (nSPS) is 47.1. The van der Waals surface area contributed by atoms with Gasteiger partial charge in [-0.25, -0.2) is 0 Å². The summed E-state index contributed by atoms with van der Waals surface area (Å²) in [5.74, 6) is 0.705. The fourth-order valence-corrected chi connectivity index (χ4v) is 5.30. The van der Waals surface area contributed by atoms with Gasteiger partial charge in [-0.15, -0.1) is 0 Å². The molecule has 0 aromatic carbocycles. The second-order valence-electron chi connectivity index (χ2n) is 8.20. The number of ketones is 1. The predicted octanol–water partition coefficient (Wildman–Crippen LogP) is 0.484. The fourth-order valence-electron chi connectivity index (χ4n) is 5.30. The Bertz CT molecular complexity index is 468. The number of carbonyl (C=O) groups excluding carboxylic acids is 1. The predicted molar refractivity (Wildman–Crippen MR) is 90.0 cm³/mol. The third-order valence-electron chi connectivity index (χ3n) is 6.76. The topological polar surface area (TPSA) is 96.6 Å². The first-order valence-electron chi connectivity index (χ1n) is 9.75. The highest BCUT2D eigenvalue weighted by atomic mass is 16.5. The lowest BCUT2D eigenvalue weighted by molar-refractivity contribution is -0.174. The quantitative estimate of drug-likeness (QED) is 0.585. The van der Waals surface area contributed by atoms with Crippen molar-refractivity contribution in [2.45, 2.75) is 81.9 Å². The molecule has 6 heteroatoms. The molecule has 0 spiro atoms. The van der Waals surface area contributed by atoms with Gasteiger partial charge in [-0.2, -0.15) is 0 Å². The minimum atomic E-state index is -0.299. The summed E-state index contributed by atoms with van der Waals surface area (Å²) in [4.78, 5) is 13.1. The van der Waals surface area contributed by atoms with Gasteiger partial charge in [-0.05, 0) is 38.0 Å². The Morgan fingerprint density at radius 2 is 1.92 bits per heavy atom. The van der Waals surface area contributed by atoms with Crippen molar-refractivity contribution in [2.24, 2.45) is 23.5 Å². The minimum absolute atomic E-state index is 0.0108. The highest BCUT2D eigenvalue weighted by Gasteiger charge is 2.51. The molecule has 3 heterocycles. The van der Waals surface area contributed by atoms with E-state index in [9.17, 15) is 9.90 Å². The van der Waals surface area contributed by atoms with Gasteiger partial charge in [0.15, 0.2) is 5.78 Å². The monoisotopic (exact) mass is 337 g/mol.